The van der Waals surface area contributed by atoms with Crippen LogP contribution in [0.4, 0.5) is 0 Å². The van der Waals surface area contributed by atoms with Crippen molar-refractivity contribution in [3.8, 4) is 0 Å². The number of hydrogen-bond acceptors (Lipinski definition) is 7. The first-order chi connectivity index (χ1) is 30.9. The highest BCUT2D eigenvalue weighted by Crippen LogP contribution is 2.43. The van der Waals surface area contributed by atoms with Crippen molar-refractivity contribution >= 4 is 13.8 Å². The topological polar surface area (TPSA) is 117 Å². The molecule has 0 saturated carbocycles. The molecule has 0 amide bonds. The van der Waals surface area contributed by atoms with Crippen LogP contribution in [0.1, 0.15) is 277 Å². The number of rotatable bonds is 53. The number of hydrogen-bond donors (Lipinski definition) is 2. The summed E-state index contributed by atoms with van der Waals surface area (Å²) >= 11 is 0. The van der Waals surface area contributed by atoms with Gasteiger partial charge in [0, 0.05) is 19.6 Å². The van der Waals surface area contributed by atoms with Gasteiger partial charge in [-0.1, -0.05) is 250 Å². The van der Waals surface area contributed by atoms with Crippen molar-refractivity contribution in [3.63, 3.8) is 0 Å². The van der Waals surface area contributed by atoms with E-state index in [-0.39, 0.29) is 32.3 Å². The van der Waals surface area contributed by atoms with E-state index >= 15 is 0 Å². The fourth-order valence-corrected chi connectivity index (χ4v) is 8.85. The van der Waals surface area contributed by atoms with Gasteiger partial charge in [0.1, 0.15) is 6.10 Å². The Morgan fingerprint density at radius 2 is 0.841 bits per heavy atom. The molecular formula is C54H106NO7P. The lowest BCUT2D eigenvalue weighted by Gasteiger charge is -2.20. The van der Waals surface area contributed by atoms with Crippen LogP contribution >= 0.6 is 7.82 Å². The molecule has 0 aliphatic heterocycles. The number of carbonyl (C=O) groups is 1. The Hall–Kier alpha value is -1.02. The molecule has 2 atom stereocenters. The second-order valence-corrected chi connectivity index (χ2v) is 19.9. The molecule has 0 aliphatic rings. The molecule has 0 fully saturated rings. The Balaban J connectivity index is 3.85. The predicted octanol–water partition coefficient (Wildman–Crippen LogP) is 17.2. The number of phosphoric acid groups is 1. The number of carbonyl (C=O) groups excluding carboxylic acids is 1. The van der Waals surface area contributed by atoms with Crippen LogP contribution in [0.5, 0.6) is 0 Å². The van der Waals surface area contributed by atoms with Crippen LogP contribution in [-0.2, 0) is 27.9 Å². The smallest absolute Gasteiger partial charge is 0.457 e. The van der Waals surface area contributed by atoms with Gasteiger partial charge >= 0.3 is 13.8 Å². The van der Waals surface area contributed by atoms with E-state index < -0.39 is 13.9 Å². The zero-order valence-electron chi connectivity index (χ0n) is 41.8. The van der Waals surface area contributed by atoms with Crippen molar-refractivity contribution in [3.05, 3.63) is 24.3 Å². The molecule has 0 heterocycles. The van der Waals surface area contributed by atoms with Crippen molar-refractivity contribution in [2.24, 2.45) is 5.73 Å². The van der Waals surface area contributed by atoms with E-state index in [9.17, 15) is 14.3 Å². The highest BCUT2D eigenvalue weighted by molar-refractivity contribution is 7.47. The Morgan fingerprint density at radius 3 is 1.24 bits per heavy atom. The van der Waals surface area contributed by atoms with Gasteiger partial charge in [0.25, 0.3) is 0 Å². The summed E-state index contributed by atoms with van der Waals surface area (Å²) in [6, 6.07) is 0. The summed E-state index contributed by atoms with van der Waals surface area (Å²) in [6.07, 6.45) is 60.8. The van der Waals surface area contributed by atoms with Gasteiger partial charge in [-0.05, 0) is 44.9 Å². The summed E-state index contributed by atoms with van der Waals surface area (Å²) in [5.41, 5.74) is 5.40. The Bertz CT molecular complexity index is 1020. The van der Waals surface area contributed by atoms with E-state index in [0.717, 1.165) is 38.5 Å². The first-order valence-electron chi connectivity index (χ1n) is 27.3. The lowest BCUT2D eigenvalue weighted by atomic mass is 10.0. The number of phosphoric ester groups is 1. The number of allylic oxidation sites excluding steroid dienone is 4. The van der Waals surface area contributed by atoms with Crippen LogP contribution in [-0.4, -0.2) is 49.9 Å². The fraction of sp³-hybridized carbons (Fsp3) is 0.907. The molecule has 0 bridgehead atoms. The maximum absolute atomic E-state index is 12.7. The van der Waals surface area contributed by atoms with Gasteiger partial charge in [0.15, 0.2) is 0 Å². The van der Waals surface area contributed by atoms with Gasteiger partial charge < -0.3 is 20.1 Å². The largest absolute Gasteiger partial charge is 0.472 e. The summed E-state index contributed by atoms with van der Waals surface area (Å²) in [5, 5.41) is 0. The van der Waals surface area contributed by atoms with E-state index in [4.69, 9.17) is 24.3 Å². The minimum atomic E-state index is -4.28. The average molecular weight is 912 g/mol. The summed E-state index contributed by atoms with van der Waals surface area (Å²) in [5.74, 6) is -0.323. The highest BCUT2D eigenvalue weighted by atomic mass is 31.2. The zero-order chi connectivity index (χ0) is 45.8. The monoisotopic (exact) mass is 912 g/mol. The van der Waals surface area contributed by atoms with Crippen LogP contribution in [0.25, 0.3) is 0 Å². The summed E-state index contributed by atoms with van der Waals surface area (Å²) < 4.78 is 33.6. The third-order valence-corrected chi connectivity index (χ3v) is 13.1. The first kappa shape index (κ1) is 62.0. The van der Waals surface area contributed by atoms with E-state index in [1.165, 1.54) is 218 Å². The molecule has 0 aromatic rings. The SMILES string of the molecule is CCCCCCC/C=C\C/C=C\CCCCCCCCCCCCCCCCOCC(COP(=O)(O)OCCN)OC(=O)CCCCCCCCCCCCCCCCCCCC. The molecule has 374 valence electrons. The number of nitrogens with two attached hydrogens (primary N) is 1. The molecule has 9 heteroatoms. The molecule has 63 heavy (non-hydrogen) atoms. The Kier molecular flexibility index (Phi) is 51.1. The molecule has 0 aromatic heterocycles. The van der Waals surface area contributed by atoms with Crippen LogP contribution in [0.15, 0.2) is 24.3 Å². The van der Waals surface area contributed by atoms with E-state index in [1.54, 1.807) is 0 Å². The second kappa shape index (κ2) is 52.0. The number of unbranched alkanes of at least 4 members (excludes halogenated alkanes) is 36. The lowest BCUT2D eigenvalue weighted by molar-refractivity contribution is -0.154. The first-order valence-corrected chi connectivity index (χ1v) is 28.8. The van der Waals surface area contributed by atoms with Gasteiger partial charge in [0.2, 0.25) is 0 Å². The lowest BCUT2D eigenvalue weighted by Crippen LogP contribution is -2.28. The van der Waals surface area contributed by atoms with Crippen molar-refractivity contribution in [1.82, 2.24) is 0 Å². The fourth-order valence-electron chi connectivity index (χ4n) is 8.09. The van der Waals surface area contributed by atoms with Crippen molar-refractivity contribution < 1.29 is 32.8 Å². The summed E-state index contributed by atoms with van der Waals surface area (Å²) in [7, 11) is -4.28. The maximum Gasteiger partial charge on any atom is 0.472 e. The minimum absolute atomic E-state index is 0.0924. The molecule has 0 radical (unpaired) electrons. The normalized spacial score (nSPS) is 13.4. The molecule has 3 N–H and O–H groups in total. The van der Waals surface area contributed by atoms with Gasteiger partial charge in [-0.15, -0.1) is 0 Å². The molecule has 0 spiro atoms. The molecule has 0 saturated heterocycles. The molecule has 8 nitrogen and oxygen atoms in total. The quantitative estimate of drug-likeness (QED) is 0.0268. The second-order valence-electron chi connectivity index (χ2n) is 18.5. The average Bonchev–Trinajstić information content (AvgIpc) is 3.28. The third-order valence-electron chi connectivity index (χ3n) is 12.1. The van der Waals surface area contributed by atoms with Gasteiger partial charge in [0.05, 0.1) is 19.8 Å². The molecular weight excluding hydrogens is 806 g/mol. The van der Waals surface area contributed by atoms with E-state index in [2.05, 4.69) is 38.2 Å². The van der Waals surface area contributed by atoms with E-state index in [1.807, 2.05) is 0 Å². The number of ether oxygens (including phenoxy) is 2. The van der Waals surface area contributed by atoms with Crippen LogP contribution in [0.3, 0.4) is 0 Å². The predicted molar refractivity (Wildman–Crippen MR) is 270 cm³/mol. The Labute approximate surface area is 391 Å². The molecule has 0 aliphatic carbocycles. The van der Waals surface area contributed by atoms with Crippen molar-refractivity contribution in [1.29, 1.82) is 0 Å². The maximum atomic E-state index is 12.7. The number of esters is 1. The molecule has 0 aromatic carbocycles. The van der Waals surface area contributed by atoms with E-state index in [0.29, 0.717) is 13.0 Å². The van der Waals surface area contributed by atoms with Gasteiger partial charge in [-0.2, -0.15) is 0 Å². The highest BCUT2D eigenvalue weighted by Gasteiger charge is 2.25. The van der Waals surface area contributed by atoms with Crippen LogP contribution in [0.2, 0.25) is 0 Å². The van der Waals surface area contributed by atoms with Crippen molar-refractivity contribution in [2.45, 2.75) is 283 Å². The van der Waals surface area contributed by atoms with Crippen molar-refractivity contribution in [2.75, 3.05) is 33.0 Å². The zero-order valence-corrected chi connectivity index (χ0v) is 42.7. The van der Waals surface area contributed by atoms with Gasteiger partial charge in [-0.3, -0.25) is 13.8 Å². The Morgan fingerprint density at radius 1 is 0.476 bits per heavy atom. The summed E-state index contributed by atoms with van der Waals surface area (Å²) in [4.78, 5) is 22.6. The third kappa shape index (κ3) is 51.8. The van der Waals surface area contributed by atoms with Crippen LogP contribution < -0.4 is 5.73 Å². The standard InChI is InChI=1S/C54H106NO7P/c1-3-5-7-9-11-13-15-17-19-21-23-24-25-26-27-28-29-30-32-34-36-38-40-42-44-46-49-59-51-53(52-61-63(57,58)60-50-48-55)62-54(56)47-45-43-41-39-37-35-33-31-22-20-18-16-14-12-10-8-6-4-2/h15,17,21,23,53H,3-14,16,18-20,22,24-52,55H2,1-2H3,(H,57,58)/b17-15-,23-21-. The van der Waals surface area contributed by atoms with Gasteiger partial charge in [-0.25, -0.2) is 4.57 Å². The summed E-state index contributed by atoms with van der Waals surface area (Å²) in [6.45, 7) is 4.98. The molecule has 0 rings (SSSR count). The molecule has 2 unspecified atom stereocenters. The van der Waals surface area contributed by atoms with Crippen LogP contribution in [0, 0.1) is 0 Å². The minimum Gasteiger partial charge on any atom is -0.457 e.